The minimum Gasteiger partial charge on any atom is -0.496 e. The monoisotopic (exact) mass is 521 g/mol. The number of rotatable bonds is 9. The molecule has 34 heavy (non-hydrogen) atoms. The highest BCUT2D eigenvalue weighted by Crippen LogP contribution is 2.35. The quantitative estimate of drug-likeness (QED) is 0.294. The molecule has 1 aromatic carbocycles. The molecule has 3 rings (SSSR count). The molecule has 1 aliphatic heterocycles. The van der Waals surface area contributed by atoms with Crippen LogP contribution in [-0.4, -0.2) is 50.5 Å². The number of alkyl halides is 4. The zero-order chi connectivity index (χ0) is 25.0. The van der Waals surface area contributed by atoms with Crippen molar-refractivity contribution in [2.75, 3.05) is 7.11 Å². The maximum atomic E-state index is 13.4. The van der Waals surface area contributed by atoms with E-state index in [1.807, 2.05) is 0 Å². The van der Waals surface area contributed by atoms with E-state index in [-0.39, 0.29) is 23.9 Å². The molecule has 182 valence electrons. The average molecular weight is 522 g/mol. The molecule has 1 saturated heterocycles. The SMILES string of the molecule is COc1ccc(C=NN=C2NC(=O)C(CC(=O)O)S2)cc1Cn1nc(C(F)F)c(Cl)c1C(F)F. The van der Waals surface area contributed by atoms with Crippen LogP contribution in [-0.2, 0) is 16.1 Å². The van der Waals surface area contributed by atoms with Gasteiger partial charge in [0, 0.05) is 5.56 Å². The maximum absolute atomic E-state index is 13.4. The Balaban J connectivity index is 1.83. The van der Waals surface area contributed by atoms with Crippen molar-refractivity contribution in [3.63, 3.8) is 0 Å². The molecule has 1 aromatic heterocycles. The number of amidine groups is 1. The Kier molecular flexibility index (Phi) is 8.15. The lowest BCUT2D eigenvalue weighted by atomic mass is 10.1. The Morgan fingerprint density at radius 3 is 2.74 bits per heavy atom. The number of thioether (sulfide) groups is 1. The number of aliphatic carboxylic acids is 1. The molecule has 1 atom stereocenters. The minimum absolute atomic E-state index is 0.119. The summed E-state index contributed by atoms with van der Waals surface area (Å²) in [6, 6.07) is 4.59. The summed E-state index contributed by atoms with van der Waals surface area (Å²) in [7, 11) is 1.35. The molecule has 0 saturated carbocycles. The largest absolute Gasteiger partial charge is 0.496 e. The molecular formula is C19H16ClF4N5O4S. The molecule has 1 amide bonds. The molecule has 9 nitrogen and oxygen atoms in total. The van der Waals surface area contributed by atoms with Crippen LogP contribution in [0.15, 0.2) is 28.4 Å². The average Bonchev–Trinajstić information content (AvgIpc) is 3.26. The van der Waals surface area contributed by atoms with Crippen LogP contribution in [0, 0.1) is 0 Å². The summed E-state index contributed by atoms with van der Waals surface area (Å²) in [5.74, 6) is -1.34. The van der Waals surface area contributed by atoms with Gasteiger partial charge in [-0.15, -0.1) is 5.10 Å². The van der Waals surface area contributed by atoms with Gasteiger partial charge >= 0.3 is 5.97 Å². The highest BCUT2D eigenvalue weighted by molar-refractivity contribution is 8.15. The summed E-state index contributed by atoms with van der Waals surface area (Å²) in [5.41, 5.74) is -1.01. The second kappa shape index (κ2) is 10.9. The van der Waals surface area contributed by atoms with Crippen LogP contribution in [0.25, 0.3) is 0 Å². The van der Waals surface area contributed by atoms with E-state index >= 15 is 0 Å². The van der Waals surface area contributed by atoms with Crippen LogP contribution in [0.2, 0.25) is 5.02 Å². The third-order valence-corrected chi connectivity index (χ3v) is 5.95. The van der Waals surface area contributed by atoms with Crippen LogP contribution in [0.5, 0.6) is 5.75 Å². The van der Waals surface area contributed by atoms with Crippen molar-refractivity contribution >= 4 is 46.6 Å². The first-order valence-electron chi connectivity index (χ1n) is 9.40. The molecule has 1 aliphatic rings. The van der Waals surface area contributed by atoms with E-state index in [0.29, 0.717) is 15.8 Å². The van der Waals surface area contributed by atoms with Gasteiger partial charge in [-0.3, -0.25) is 14.3 Å². The number of hydrogen-bond acceptors (Lipinski definition) is 7. The fraction of sp³-hybridized carbons (Fsp3) is 0.316. The van der Waals surface area contributed by atoms with Crippen molar-refractivity contribution in [3.05, 3.63) is 45.7 Å². The molecule has 15 heteroatoms. The van der Waals surface area contributed by atoms with Gasteiger partial charge in [0.1, 0.15) is 22.4 Å². The number of nitrogens with zero attached hydrogens (tertiary/aromatic N) is 4. The topological polar surface area (TPSA) is 118 Å². The van der Waals surface area contributed by atoms with Gasteiger partial charge in [-0.25, -0.2) is 17.6 Å². The summed E-state index contributed by atoms with van der Waals surface area (Å²) in [4.78, 5) is 22.5. The molecule has 0 aliphatic carbocycles. The number of ether oxygens (including phenoxy) is 1. The van der Waals surface area contributed by atoms with Crippen LogP contribution < -0.4 is 10.1 Å². The Morgan fingerprint density at radius 1 is 1.38 bits per heavy atom. The standard InChI is InChI=1S/C19H16ClF4N5O4S/c1-33-10-3-2-8(6-25-27-19-26-18(32)11(34-19)5-12(30)31)4-9(10)7-29-15(17(23)24)13(20)14(28-29)16(21)22/h2-4,6,11,16-17H,5,7H2,1H3,(H,30,31)(H,26,27,32). The van der Waals surface area contributed by atoms with E-state index in [2.05, 4.69) is 20.6 Å². The number of hydrogen-bond donors (Lipinski definition) is 2. The summed E-state index contributed by atoms with van der Waals surface area (Å²) in [6.07, 6.45) is -5.34. The van der Waals surface area contributed by atoms with Gasteiger partial charge in [-0.1, -0.05) is 23.4 Å². The number of amides is 1. The van der Waals surface area contributed by atoms with Gasteiger partial charge < -0.3 is 15.2 Å². The first-order valence-corrected chi connectivity index (χ1v) is 10.7. The Bertz CT molecular complexity index is 1160. The Labute approximate surface area is 198 Å². The van der Waals surface area contributed by atoms with E-state index in [1.165, 1.54) is 25.5 Å². The lowest BCUT2D eigenvalue weighted by Crippen LogP contribution is -2.26. The summed E-state index contributed by atoms with van der Waals surface area (Å²) in [5, 5.41) is 20.9. The highest BCUT2D eigenvalue weighted by atomic mass is 35.5. The normalized spacial score (nSPS) is 17.4. The van der Waals surface area contributed by atoms with Crippen molar-refractivity contribution in [1.29, 1.82) is 0 Å². The lowest BCUT2D eigenvalue weighted by Gasteiger charge is -2.12. The van der Waals surface area contributed by atoms with Gasteiger partial charge in [-0.2, -0.15) is 10.2 Å². The number of carboxylic acids is 1. The second-order valence-corrected chi connectivity index (χ2v) is 8.33. The third-order valence-electron chi connectivity index (χ3n) is 4.49. The molecular weight excluding hydrogens is 506 g/mol. The van der Waals surface area contributed by atoms with E-state index in [1.54, 1.807) is 6.07 Å². The van der Waals surface area contributed by atoms with Gasteiger partial charge in [-0.05, 0) is 23.8 Å². The number of methoxy groups -OCH3 is 1. The molecule has 0 bridgehead atoms. The predicted octanol–water partition coefficient (Wildman–Crippen LogP) is 3.86. The molecule has 2 N–H and O–H groups in total. The van der Waals surface area contributed by atoms with E-state index in [9.17, 15) is 27.2 Å². The third kappa shape index (κ3) is 5.86. The minimum atomic E-state index is -3.14. The second-order valence-electron chi connectivity index (χ2n) is 6.76. The molecule has 0 spiro atoms. The van der Waals surface area contributed by atoms with Crippen molar-refractivity contribution < 1.29 is 37.0 Å². The van der Waals surface area contributed by atoms with Crippen molar-refractivity contribution in [1.82, 2.24) is 15.1 Å². The van der Waals surface area contributed by atoms with Crippen molar-refractivity contribution in [3.8, 4) is 5.75 Å². The van der Waals surface area contributed by atoms with Crippen LogP contribution in [0.3, 0.4) is 0 Å². The number of benzene rings is 1. The highest BCUT2D eigenvalue weighted by Gasteiger charge is 2.32. The smallest absolute Gasteiger partial charge is 0.305 e. The number of carboxylic acid groups (broad SMARTS) is 1. The summed E-state index contributed by atoms with van der Waals surface area (Å²) < 4.78 is 59.0. The maximum Gasteiger partial charge on any atom is 0.305 e. The molecule has 0 radical (unpaired) electrons. The van der Waals surface area contributed by atoms with E-state index in [0.717, 1.165) is 11.8 Å². The Morgan fingerprint density at radius 2 is 2.12 bits per heavy atom. The molecule has 2 heterocycles. The van der Waals surface area contributed by atoms with Gasteiger partial charge in [0.2, 0.25) is 5.91 Å². The number of nitrogens with one attached hydrogen (secondary N) is 1. The molecule has 2 aromatic rings. The van der Waals surface area contributed by atoms with E-state index in [4.69, 9.17) is 21.4 Å². The molecule has 1 unspecified atom stereocenters. The van der Waals surface area contributed by atoms with Crippen molar-refractivity contribution in [2.24, 2.45) is 10.2 Å². The summed E-state index contributed by atoms with van der Waals surface area (Å²) >= 11 is 6.62. The predicted molar refractivity (Wildman–Crippen MR) is 116 cm³/mol. The molecule has 1 fully saturated rings. The number of halogens is 5. The lowest BCUT2D eigenvalue weighted by molar-refractivity contribution is -0.138. The van der Waals surface area contributed by atoms with Gasteiger partial charge in [0.05, 0.1) is 31.3 Å². The number of carbonyl (C=O) groups excluding carboxylic acids is 1. The van der Waals surface area contributed by atoms with Crippen LogP contribution in [0.4, 0.5) is 17.6 Å². The van der Waals surface area contributed by atoms with E-state index < -0.39 is 46.4 Å². The fourth-order valence-electron chi connectivity index (χ4n) is 3.00. The number of carbonyl (C=O) groups is 2. The van der Waals surface area contributed by atoms with Crippen LogP contribution in [0.1, 0.15) is 41.8 Å². The summed E-state index contributed by atoms with van der Waals surface area (Å²) in [6.45, 7) is -0.339. The fourth-order valence-corrected chi connectivity index (χ4v) is 4.21. The van der Waals surface area contributed by atoms with Gasteiger partial charge in [0.25, 0.3) is 12.9 Å². The van der Waals surface area contributed by atoms with Crippen molar-refractivity contribution in [2.45, 2.75) is 31.1 Å². The Hall–Kier alpha value is -3.13. The zero-order valence-electron chi connectivity index (χ0n) is 17.2. The van der Waals surface area contributed by atoms with Crippen LogP contribution >= 0.6 is 23.4 Å². The van der Waals surface area contributed by atoms with Gasteiger partial charge in [0.15, 0.2) is 5.17 Å². The number of aromatic nitrogens is 2. The zero-order valence-corrected chi connectivity index (χ0v) is 18.8. The first-order chi connectivity index (χ1) is 16.1. The first kappa shape index (κ1) is 25.5.